The van der Waals surface area contributed by atoms with Gasteiger partial charge in [-0.1, -0.05) is 0 Å². The van der Waals surface area contributed by atoms with Crippen LogP contribution in [-0.4, -0.2) is 39.8 Å². The number of aliphatic carboxylic acids is 1. The molecule has 1 fully saturated rings. The average molecular weight is 285 g/mol. The Hall–Kier alpha value is -1.76. The summed E-state index contributed by atoms with van der Waals surface area (Å²) in [6, 6.07) is 0. The molecule has 0 aliphatic heterocycles. The van der Waals surface area contributed by atoms with Gasteiger partial charge in [0.05, 0.1) is 5.92 Å². The van der Waals surface area contributed by atoms with Gasteiger partial charge >= 0.3 is 11.9 Å². The lowest BCUT2D eigenvalue weighted by atomic mass is 9.73. The fraction of sp³-hybridized carbons (Fsp3) is 0.692. The molecular formula is C13H19NO6. The second-order valence-corrected chi connectivity index (χ2v) is 6.00. The molecular weight excluding hydrogens is 266 g/mol. The minimum absolute atomic E-state index is 0.112. The van der Waals surface area contributed by atoms with Gasteiger partial charge in [-0.2, -0.15) is 0 Å². The van der Waals surface area contributed by atoms with Gasteiger partial charge in [-0.3, -0.25) is 14.4 Å². The van der Waals surface area contributed by atoms with Crippen LogP contribution >= 0.6 is 0 Å². The van der Waals surface area contributed by atoms with E-state index in [1.54, 1.807) is 20.8 Å². The molecule has 1 aliphatic rings. The van der Waals surface area contributed by atoms with Crippen LogP contribution in [0.4, 0.5) is 0 Å². The molecule has 1 aliphatic carbocycles. The maximum absolute atomic E-state index is 12.0. The van der Waals surface area contributed by atoms with Gasteiger partial charge in [0, 0.05) is 6.42 Å². The van der Waals surface area contributed by atoms with Crippen LogP contribution in [0.3, 0.4) is 0 Å². The Morgan fingerprint density at radius 1 is 1.35 bits per heavy atom. The Morgan fingerprint density at radius 3 is 2.35 bits per heavy atom. The highest BCUT2D eigenvalue weighted by Gasteiger charge is 2.50. The number of carboxylic acid groups (broad SMARTS) is 1. The van der Waals surface area contributed by atoms with Crippen molar-refractivity contribution in [3.05, 3.63) is 0 Å². The molecule has 0 heterocycles. The Kier molecular flexibility index (Phi) is 4.33. The van der Waals surface area contributed by atoms with Gasteiger partial charge in [0.2, 0.25) is 0 Å². The number of hydrogen-bond acceptors (Lipinski definition) is 6. The van der Waals surface area contributed by atoms with Crippen molar-refractivity contribution in [3.8, 4) is 0 Å². The maximum Gasteiger partial charge on any atom is 0.374 e. The first-order chi connectivity index (χ1) is 8.97. The standard InChI is InChI=1S/C13H19NO6/c1-12(2,3)20-11(19)7-4-5-8(15)13(14,6-7)9(16)10(17)18/h7H,4-6,14H2,1-3H3,(H,17,18). The Balaban J connectivity index is 2.91. The van der Waals surface area contributed by atoms with E-state index in [2.05, 4.69) is 0 Å². The predicted octanol–water partition coefficient (Wildman–Crippen LogP) is 0.0485. The van der Waals surface area contributed by atoms with Crippen LogP contribution in [0.2, 0.25) is 0 Å². The fourth-order valence-electron chi connectivity index (χ4n) is 2.13. The number of carboxylic acids is 1. The first kappa shape index (κ1) is 16.3. The van der Waals surface area contributed by atoms with E-state index in [1.165, 1.54) is 0 Å². The van der Waals surface area contributed by atoms with Crippen LogP contribution in [0.25, 0.3) is 0 Å². The van der Waals surface area contributed by atoms with E-state index in [-0.39, 0.29) is 19.3 Å². The van der Waals surface area contributed by atoms with Gasteiger partial charge in [-0.25, -0.2) is 4.79 Å². The van der Waals surface area contributed by atoms with E-state index in [0.29, 0.717) is 0 Å². The molecule has 3 N–H and O–H groups in total. The molecule has 7 nitrogen and oxygen atoms in total. The van der Waals surface area contributed by atoms with Crippen molar-refractivity contribution in [2.75, 3.05) is 0 Å². The minimum Gasteiger partial charge on any atom is -0.475 e. The largest absolute Gasteiger partial charge is 0.475 e. The van der Waals surface area contributed by atoms with E-state index in [4.69, 9.17) is 15.6 Å². The first-order valence-electron chi connectivity index (χ1n) is 6.30. The van der Waals surface area contributed by atoms with E-state index < -0.39 is 40.6 Å². The third kappa shape index (κ3) is 3.41. The molecule has 7 heteroatoms. The van der Waals surface area contributed by atoms with E-state index >= 15 is 0 Å². The second kappa shape index (κ2) is 5.32. The number of ether oxygens (including phenoxy) is 1. The number of carbonyl (C=O) groups is 4. The molecule has 20 heavy (non-hydrogen) atoms. The first-order valence-corrected chi connectivity index (χ1v) is 6.30. The van der Waals surface area contributed by atoms with Gasteiger partial charge < -0.3 is 15.6 Å². The number of carbonyl (C=O) groups excluding carboxylic acids is 3. The Morgan fingerprint density at radius 2 is 1.90 bits per heavy atom. The molecule has 0 saturated heterocycles. The van der Waals surface area contributed by atoms with Crippen molar-refractivity contribution < 1.29 is 29.0 Å². The molecule has 0 aromatic carbocycles. The number of hydrogen-bond donors (Lipinski definition) is 2. The highest BCUT2D eigenvalue weighted by atomic mass is 16.6. The van der Waals surface area contributed by atoms with E-state index in [1.807, 2.05) is 0 Å². The highest BCUT2D eigenvalue weighted by Crippen LogP contribution is 2.31. The summed E-state index contributed by atoms with van der Waals surface area (Å²) in [5.41, 5.74) is 2.82. The van der Waals surface area contributed by atoms with Gasteiger partial charge in [0.25, 0.3) is 5.78 Å². The molecule has 1 rings (SSSR count). The average Bonchev–Trinajstić information content (AvgIpc) is 2.29. The fourth-order valence-corrected chi connectivity index (χ4v) is 2.13. The molecule has 0 bridgehead atoms. The Labute approximate surface area is 116 Å². The van der Waals surface area contributed by atoms with Crippen molar-refractivity contribution in [1.29, 1.82) is 0 Å². The van der Waals surface area contributed by atoms with Crippen molar-refractivity contribution in [2.24, 2.45) is 11.7 Å². The molecule has 0 spiro atoms. The van der Waals surface area contributed by atoms with Gasteiger partial charge in [0.15, 0.2) is 5.78 Å². The molecule has 112 valence electrons. The molecule has 0 aromatic heterocycles. The predicted molar refractivity (Wildman–Crippen MR) is 67.8 cm³/mol. The zero-order valence-corrected chi connectivity index (χ0v) is 11.8. The van der Waals surface area contributed by atoms with Crippen LogP contribution in [0.5, 0.6) is 0 Å². The van der Waals surface area contributed by atoms with Crippen molar-refractivity contribution in [1.82, 2.24) is 0 Å². The lowest BCUT2D eigenvalue weighted by Crippen LogP contribution is -2.61. The van der Waals surface area contributed by atoms with Crippen molar-refractivity contribution in [3.63, 3.8) is 0 Å². The van der Waals surface area contributed by atoms with Crippen molar-refractivity contribution in [2.45, 2.75) is 51.2 Å². The van der Waals surface area contributed by atoms with Crippen LogP contribution in [0.1, 0.15) is 40.0 Å². The van der Waals surface area contributed by atoms with E-state index in [0.717, 1.165) is 0 Å². The smallest absolute Gasteiger partial charge is 0.374 e. The summed E-state index contributed by atoms with van der Waals surface area (Å²) < 4.78 is 5.18. The number of esters is 1. The van der Waals surface area contributed by atoms with Crippen LogP contribution < -0.4 is 5.73 Å². The molecule has 0 aromatic rings. The number of nitrogens with two attached hydrogens (primary N) is 1. The summed E-state index contributed by atoms with van der Waals surface area (Å²) >= 11 is 0. The third-order valence-corrected chi connectivity index (χ3v) is 3.13. The molecule has 2 unspecified atom stereocenters. The van der Waals surface area contributed by atoms with Gasteiger partial charge in [-0.15, -0.1) is 0 Å². The van der Waals surface area contributed by atoms with Crippen LogP contribution in [0, 0.1) is 5.92 Å². The third-order valence-electron chi connectivity index (χ3n) is 3.13. The minimum atomic E-state index is -2.13. The summed E-state index contributed by atoms with van der Waals surface area (Å²) in [5.74, 6) is -5.12. The molecule has 0 radical (unpaired) electrons. The summed E-state index contributed by atoms with van der Waals surface area (Å²) in [6.45, 7) is 5.07. The van der Waals surface area contributed by atoms with Gasteiger partial charge in [0.1, 0.15) is 11.1 Å². The summed E-state index contributed by atoms with van der Waals surface area (Å²) in [5, 5.41) is 8.73. The van der Waals surface area contributed by atoms with E-state index in [9.17, 15) is 19.2 Å². The van der Waals surface area contributed by atoms with Crippen LogP contribution in [0.15, 0.2) is 0 Å². The number of Topliss-reactive ketones (excluding diaryl/α,β-unsaturated/α-hetero) is 2. The normalized spacial score (nSPS) is 27.0. The molecule has 0 amide bonds. The quantitative estimate of drug-likeness (QED) is 0.426. The number of rotatable bonds is 3. The lowest BCUT2D eigenvalue weighted by molar-refractivity contribution is -0.164. The van der Waals surface area contributed by atoms with Crippen molar-refractivity contribution >= 4 is 23.5 Å². The highest BCUT2D eigenvalue weighted by molar-refractivity contribution is 6.42. The summed E-state index contributed by atoms with van der Waals surface area (Å²) in [4.78, 5) is 46.0. The zero-order chi connectivity index (χ0) is 15.7. The molecule has 1 saturated carbocycles. The molecule has 2 atom stereocenters. The van der Waals surface area contributed by atoms with Gasteiger partial charge in [-0.05, 0) is 33.6 Å². The summed E-state index contributed by atoms with van der Waals surface area (Å²) in [6.07, 6.45) is -0.231. The second-order valence-electron chi connectivity index (χ2n) is 6.00. The topological polar surface area (TPSA) is 124 Å². The maximum atomic E-state index is 12.0. The summed E-state index contributed by atoms with van der Waals surface area (Å²) in [7, 11) is 0. The van der Waals surface area contributed by atoms with Crippen LogP contribution in [-0.2, 0) is 23.9 Å². The zero-order valence-electron chi connectivity index (χ0n) is 11.8. The lowest BCUT2D eigenvalue weighted by Gasteiger charge is -2.34. The Bertz CT molecular complexity index is 464. The SMILES string of the molecule is CC(C)(C)OC(=O)C1CCC(=O)C(N)(C(=O)C(=O)O)C1. The number of ketones is 2. The monoisotopic (exact) mass is 285 g/mol.